The number of carbonyl (C=O) groups is 1. The van der Waals surface area contributed by atoms with E-state index in [0.29, 0.717) is 11.8 Å². The Kier molecular flexibility index (Phi) is 3.35. The highest BCUT2D eigenvalue weighted by molar-refractivity contribution is 5.81. The average Bonchev–Trinajstić information content (AvgIpc) is 3.02. The van der Waals surface area contributed by atoms with Gasteiger partial charge in [-0.15, -0.1) is 0 Å². The summed E-state index contributed by atoms with van der Waals surface area (Å²) in [6.45, 7) is 9.13. The lowest BCUT2D eigenvalue weighted by molar-refractivity contribution is -0.131. The Hall–Kier alpha value is -0.570. The molecule has 2 atom stereocenters. The third kappa shape index (κ3) is 2.18. The molecule has 3 fully saturated rings. The summed E-state index contributed by atoms with van der Waals surface area (Å²) >= 11 is 0. The van der Waals surface area contributed by atoms with Gasteiger partial charge in [-0.2, -0.15) is 0 Å². The van der Waals surface area contributed by atoms with Gasteiger partial charge in [0.1, 0.15) is 0 Å². The molecular formula is C15H26N2O. The second kappa shape index (κ2) is 4.84. The van der Waals surface area contributed by atoms with Crippen molar-refractivity contribution in [3.05, 3.63) is 0 Å². The first-order chi connectivity index (χ1) is 8.72. The number of rotatable bonds is 4. The second-order valence-electron chi connectivity index (χ2n) is 6.46. The van der Waals surface area contributed by atoms with Crippen molar-refractivity contribution in [2.75, 3.05) is 26.2 Å². The molecule has 2 aliphatic heterocycles. The molecule has 3 nitrogen and oxygen atoms in total. The van der Waals surface area contributed by atoms with Crippen molar-refractivity contribution >= 4 is 5.91 Å². The highest BCUT2D eigenvalue weighted by atomic mass is 16.2. The predicted octanol–water partition coefficient (Wildman–Crippen LogP) is 1.98. The molecule has 0 radical (unpaired) electrons. The smallest absolute Gasteiger partial charge is 0.225 e. The van der Waals surface area contributed by atoms with Gasteiger partial charge in [0, 0.05) is 38.1 Å². The summed E-state index contributed by atoms with van der Waals surface area (Å²) in [6.07, 6.45) is 4.82. The minimum Gasteiger partial charge on any atom is -0.342 e. The van der Waals surface area contributed by atoms with E-state index in [9.17, 15) is 4.79 Å². The summed E-state index contributed by atoms with van der Waals surface area (Å²) in [7, 11) is 0. The van der Waals surface area contributed by atoms with E-state index in [1.807, 2.05) is 0 Å². The van der Waals surface area contributed by atoms with Gasteiger partial charge in [0.25, 0.3) is 0 Å². The standard InChI is InChI=1S/C15H26N2O/c1-3-14(4-2)16-7-12-9-17(10-13(12)8-16)15(18)11-5-6-11/h11-14H,3-10H2,1-2H3. The van der Waals surface area contributed by atoms with Crippen LogP contribution in [-0.4, -0.2) is 47.9 Å². The highest BCUT2D eigenvalue weighted by Gasteiger charge is 2.45. The van der Waals surface area contributed by atoms with Crippen molar-refractivity contribution in [3.63, 3.8) is 0 Å². The third-order valence-electron chi connectivity index (χ3n) is 5.21. The minimum atomic E-state index is 0.402. The fourth-order valence-corrected chi connectivity index (χ4v) is 3.90. The van der Waals surface area contributed by atoms with Crippen LogP contribution in [0.25, 0.3) is 0 Å². The van der Waals surface area contributed by atoms with E-state index in [4.69, 9.17) is 0 Å². The zero-order chi connectivity index (χ0) is 12.7. The lowest BCUT2D eigenvalue weighted by atomic mass is 10.0. The number of amides is 1. The van der Waals surface area contributed by atoms with Crippen molar-refractivity contribution in [1.82, 2.24) is 9.80 Å². The molecule has 2 unspecified atom stereocenters. The number of likely N-dealkylation sites (tertiary alicyclic amines) is 2. The Morgan fingerprint density at radius 2 is 1.61 bits per heavy atom. The van der Waals surface area contributed by atoms with Crippen LogP contribution in [0.5, 0.6) is 0 Å². The maximum Gasteiger partial charge on any atom is 0.225 e. The van der Waals surface area contributed by atoms with Crippen LogP contribution in [0, 0.1) is 17.8 Å². The quantitative estimate of drug-likeness (QED) is 0.761. The van der Waals surface area contributed by atoms with E-state index in [-0.39, 0.29) is 0 Å². The zero-order valence-corrected chi connectivity index (χ0v) is 11.8. The van der Waals surface area contributed by atoms with Gasteiger partial charge < -0.3 is 4.90 Å². The molecule has 1 aliphatic carbocycles. The molecule has 1 amide bonds. The normalized spacial score (nSPS) is 32.3. The fraction of sp³-hybridized carbons (Fsp3) is 0.933. The molecule has 1 saturated carbocycles. The maximum atomic E-state index is 12.1. The Labute approximate surface area is 111 Å². The molecule has 0 spiro atoms. The summed E-state index contributed by atoms with van der Waals surface area (Å²) in [5, 5.41) is 0. The van der Waals surface area contributed by atoms with Gasteiger partial charge in [-0.05, 0) is 37.5 Å². The van der Waals surface area contributed by atoms with Gasteiger partial charge in [-0.1, -0.05) is 13.8 Å². The molecule has 0 bridgehead atoms. The van der Waals surface area contributed by atoms with Crippen molar-refractivity contribution in [2.45, 2.75) is 45.6 Å². The van der Waals surface area contributed by atoms with E-state index < -0.39 is 0 Å². The van der Waals surface area contributed by atoms with Crippen LogP contribution in [0.1, 0.15) is 39.5 Å². The summed E-state index contributed by atoms with van der Waals surface area (Å²) in [4.78, 5) is 16.9. The van der Waals surface area contributed by atoms with Gasteiger partial charge in [-0.25, -0.2) is 0 Å². The number of fused-ring (bicyclic) bond motifs is 1. The number of carbonyl (C=O) groups excluding carboxylic acids is 1. The summed E-state index contributed by atoms with van der Waals surface area (Å²) < 4.78 is 0. The summed E-state index contributed by atoms with van der Waals surface area (Å²) in [5.41, 5.74) is 0. The average molecular weight is 250 g/mol. The van der Waals surface area contributed by atoms with E-state index >= 15 is 0 Å². The Balaban J connectivity index is 1.55. The predicted molar refractivity (Wildman–Crippen MR) is 72.2 cm³/mol. The largest absolute Gasteiger partial charge is 0.342 e. The van der Waals surface area contributed by atoms with Crippen molar-refractivity contribution < 1.29 is 4.79 Å². The Bertz CT molecular complexity index is 308. The molecule has 2 saturated heterocycles. The number of hydrogen-bond donors (Lipinski definition) is 0. The monoisotopic (exact) mass is 250 g/mol. The molecular weight excluding hydrogens is 224 g/mol. The second-order valence-corrected chi connectivity index (χ2v) is 6.46. The van der Waals surface area contributed by atoms with Crippen LogP contribution >= 0.6 is 0 Å². The molecule has 102 valence electrons. The van der Waals surface area contributed by atoms with Crippen LogP contribution in [0.2, 0.25) is 0 Å². The fourth-order valence-electron chi connectivity index (χ4n) is 3.90. The molecule has 0 aromatic rings. The van der Waals surface area contributed by atoms with Crippen LogP contribution < -0.4 is 0 Å². The first-order valence-electron chi connectivity index (χ1n) is 7.75. The molecule has 3 heteroatoms. The lowest BCUT2D eigenvalue weighted by Gasteiger charge is -2.28. The Morgan fingerprint density at radius 3 is 2.06 bits per heavy atom. The van der Waals surface area contributed by atoms with Crippen LogP contribution in [0.3, 0.4) is 0 Å². The molecule has 0 N–H and O–H groups in total. The van der Waals surface area contributed by atoms with Gasteiger partial charge in [0.2, 0.25) is 5.91 Å². The van der Waals surface area contributed by atoms with Crippen molar-refractivity contribution in [2.24, 2.45) is 17.8 Å². The molecule has 18 heavy (non-hydrogen) atoms. The Morgan fingerprint density at radius 1 is 1.06 bits per heavy atom. The van der Waals surface area contributed by atoms with Crippen LogP contribution in [0.15, 0.2) is 0 Å². The number of hydrogen-bond acceptors (Lipinski definition) is 2. The van der Waals surface area contributed by atoms with Crippen LogP contribution in [0.4, 0.5) is 0 Å². The summed E-state index contributed by atoms with van der Waals surface area (Å²) in [5.74, 6) is 2.37. The van der Waals surface area contributed by atoms with Crippen molar-refractivity contribution in [3.8, 4) is 0 Å². The topological polar surface area (TPSA) is 23.6 Å². The molecule has 0 aromatic heterocycles. The van der Waals surface area contributed by atoms with Gasteiger partial charge in [-0.3, -0.25) is 9.69 Å². The molecule has 2 heterocycles. The zero-order valence-electron chi connectivity index (χ0n) is 11.8. The molecule has 3 aliphatic rings. The van der Waals surface area contributed by atoms with E-state index in [1.165, 1.54) is 25.9 Å². The lowest BCUT2D eigenvalue weighted by Crippen LogP contribution is -2.37. The van der Waals surface area contributed by atoms with E-state index in [0.717, 1.165) is 43.8 Å². The van der Waals surface area contributed by atoms with Gasteiger partial charge >= 0.3 is 0 Å². The minimum absolute atomic E-state index is 0.402. The first kappa shape index (κ1) is 12.5. The first-order valence-corrected chi connectivity index (χ1v) is 7.75. The summed E-state index contributed by atoms with van der Waals surface area (Å²) in [6, 6.07) is 0.767. The number of nitrogens with zero attached hydrogens (tertiary/aromatic N) is 2. The molecule has 0 aromatic carbocycles. The van der Waals surface area contributed by atoms with Crippen LogP contribution in [-0.2, 0) is 4.79 Å². The highest BCUT2D eigenvalue weighted by Crippen LogP contribution is 2.37. The third-order valence-corrected chi connectivity index (χ3v) is 5.21. The van der Waals surface area contributed by atoms with Crippen molar-refractivity contribution in [1.29, 1.82) is 0 Å². The maximum absolute atomic E-state index is 12.1. The SMILES string of the molecule is CCC(CC)N1CC2CN(C(=O)C3CC3)CC2C1. The molecule has 3 rings (SSSR count). The van der Waals surface area contributed by atoms with Gasteiger partial charge in [0.05, 0.1) is 0 Å². The van der Waals surface area contributed by atoms with Gasteiger partial charge in [0.15, 0.2) is 0 Å². The van der Waals surface area contributed by atoms with E-state index in [1.54, 1.807) is 0 Å². The van der Waals surface area contributed by atoms with E-state index in [2.05, 4.69) is 23.6 Å².